The molecule has 0 radical (unpaired) electrons. The van der Waals surface area contributed by atoms with Crippen LogP contribution in [-0.2, 0) is 14.3 Å². The van der Waals surface area contributed by atoms with Gasteiger partial charge in [-0.3, -0.25) is 4.79 Å². The Morgan fingerprint density at radius 2 is 2.21 bits per heavy atom. The summed E-state index contributed by atoms with van der Waals surface area (Å²) in [6.45, 7) is 1.57. The fourth-order valence-corrected chi connectivity index (χ4v) is 1.99. The molecule has 1 rings (SSSR count). The van der Waals surface area contributed by atoms with Crippen molar-refractivity contribution in [3.8, 4) is 0 Å². The van der Waals surface area contributed by atoms with Gasteiger partial charge in [0.25, 0.3) is 0 Å². The van der Waals surface area contributed by atoms with Crippen molar-refractivity contribution in [1.82, 2.24) is 0 Å². The van der Waals surface area contributed by atoms with Gasteiger partial charge in [0.1, 0.15) is 24.1 Å². The molecule has 1 saturated heterocycles. The molecule has 2 N–H and O–H groups in total. The van der Waals surface area contributed by atoms with E-state index in [1.54, 1.807) is 13.0 Å². The molecule has 108 valence electrons. The quantitative estimate of drug-likeness (QED) is 0.392. The zero-order valence-electron chi connectivity index (χ0n) is 11.2. The molecule has 3 unspecified atom stereocenters. The lowest BCUT2D eigenvalue weighted by molar-refractivity contribution is -0.147. The summed E-state index contributed by atoms with van der Waals surface area (Å²) in [6, 6.07) is 0. The summed E-state index contributed by atoms with van der Waals surface area (Å²) in [5.41, 5.74) is 0. The molecule has 5 heteroatoms. The predicted octanol–water partition coefficient (Wildman–Crippen LogP) is 1.12. The van der Waals surface area contributed by atoms with E-state index in [9.17, 15) is 19.8 Å². The van der Waals surface area contributed by atoms with Crippen LogP contribution in [0.3, 0.4) is 0 Å². The van der Waals surface area contributed by atoms with Crippen LogP contribution in [-0.4, -0.2) is 40.3 Å². The van der Waals surface area contributed by atoms with Crippen LogP contribution in [0.4, 0.5) is 0 Å². The van der Waals surface area contributed by atoms with E-state index < -0.39 is 18.3 Å². The van der Waals surface area contributed by atoms with Crippen LogP contribution in [0.2, 0.25) is 0 Å². The van der Waals surface area contributed by atoms with Gasteiger partial charge in [0.2, 0.25) is 0 Å². The third-order valence-electron chi connectivity index (χ3n) is 3.13. The van der Waals surface area contributed by atoms with Crippen LogP contribution in [0.25, 0.3) is 0 Å². The number of ether oxygens (including phenoxy) is 1. The zero-order valence-corrected chi connectivity index (χ0v) is 11.2. The fourth-order valence-electron chi connectivity index (χ4n) is 1.99. The Kier molecular flexibility index (Phi) is 6.73. The first-order chi connectivity index (χ1) is 9.00. The molecule has 19 heavy (non-hydrogen) atoms. The van der Waals surface area contributed by atoms with E-state index in [1.807, 2.05) is 0 Å². The molecular formula is C14H22O5. The third kappa shape index (κ3) is 5.98. The number of hydrogen-bond acceptors (Lipinski definition) is 5. The molecular weight excluding hydrogens is 248 g/mol. The number of ketones is 1. The first-order valence-corrected chi connectivity index (χ1v) is 6.72. The lowest BCUT2D eigenvalue weighted by atomic mass is 10.0. The number of unbranched alkanes of at least 4 members (excludes halogenated alkanes) is 2. The normalized spacial score (nSPS) is 22.5. The molecule has 0 spiro atoms. The van der Waals surface area contributed by atoms with Gasteiger partial charge < -0.3 is 19.7 Å². The van der Waals surface area contributed by atoms with Gasteiger partial charge >= 0.3 is 5.97 Å². The molecule has 1 aliphatic heterocycles. The second-order valence-corrected chi connectivity index (χ2v) is 4.92. The molecule has 0 bridgehead atoms. The number of aliphatic hydroxyl groups excluding tert-OH is 2. The first-order valence-electron chi connectivity index (χ1n) is 6.72. The minimum Gasteiger partial charge on any atom is -0.459 e. The van der Waals surface area contributed by atoms with E-state index in [4.69, 9.17) is 4.74 Å². The number of aliphatic hydroxyl groups is 2. The maximum absolute atomic E-state index is 10.9. The Labute approximate surface area is 113 Å². The summed E-state index contributed by atoms with van der Waals surface area (Å²) in [5.74, 6) is -0.146. The molecule has 5 nitrogen and oxygen atoms in total. The summed E-state index contributed by atoms with van der Waals surface area (Å²) in [7, 11) is 0. The third-order valence-corrected chi connectivity index (χ3v) is 3.13. The number of carbonyl (C=O) groups excluding carboxylic acids is 2. The molecule has 1 heterocycles. The highest BCUT2D eigenvalue weighted by molar-refractivity contribution is 5.75. The molecule has 0 saturated carbocycles. The van der Waals surface area contributed by atoms with Crippen LogP contribution in [0, 0.1) is 0 Å². The molecule has 3 atom stereocenters. The van der Waals surface area contributed by atoms with Crippen molar-refractivity contribution in [2.24, 2.45) is 0 Å². The van der Waals surface area contributed by atoms with Crippen LogP contribution in [0.5, 0.6) is 0 Å². The Bertz CT molecular complexity index is 337. The van der Waals surface area contributed by atoms with E-state index in [-0.39, 0.29) is 11.8 Å². The van der Waals surface area contributed by atoms with E-state index in [2.05, 4.69) is 0 Å². The zero-order chi connectivity index (χ0) is 14.3. The number of Topliss-reactive ketones (excluding diaryl/α,β-unsaturated/α-hetero) is 1. The van der Waals surface area contributed by atoms with E-state index in [0.717, 1.165) is 19.3 Å². The smallest absolute Gasteiger partial charge is 0.306 e. The number of hydrogen-bond donors (Lipinski definition) is 2. The van der Waals surface area contributed by atoms with Gasteiger partial charge in [-0.05, 0) is 32.6 Å². The standard InChI is InChI=1S/C14H22O5/c1-10(15)6-4-2-3-5-7-11(16)14(18)12-8-9-13(17)19-12/h5,7,11-12,14,16,18H,2-4,6,8-9H2,1H3. The molecule has 1 aliphatic rings. The summed E-state index contributed by atoms with van der Waals surface area (Å²) in [6.07, 6.45) is 4.38. The number of allylic oxidation sites excluding steroid dienone is 1. The maximum atomic E-state index is 10.9. The van der Waals surface area contributed by atoms with Crippen molar-refractivity contribution in [3.05, 3.63) is 12.2 Å². The molecule has 1 fully saturated rings. The second kappa shape index (κ2) is 8.07. The monoisotopic (exact) mass is 270 g/mol. The molecule has 0 amide bonds. The van der Waals surface area contributed by atoms with Gasteiger partial charge in [-0.25, -0.2) is 0 Å². The van der Waals surface area contributed by atoms with E-state index in [1.165, 1.54) is 6.08 Å². The minimum absolute atomic E-state index is 0.183. The van der Waals surface area contributed by atoms with Gasteiger partial charge in [-0.2, -0.15) is 0 Å². The van der Waals surface area contributed by atoms with Crippen LogP contribution in [0.1, 0.15) is 45.4 Å². The van der Waals surface area contributed by atoms with Crippen molar-refractivity contribution in [3.63, 3.8) is 0 Å². The van der Waals surface area contributed by atoms with Crippen molar-refractivity contribution in [1.29, 1.82) is 0 Å². The number of esters is 1. The summed E-state index contributed by atoms with van der Waals surface area (Å²) in [4.78, 5) is 21.6. The predicted molar refractivity (Wildman–Crippen MR) is 69.4 cm³/mol. The van der Waals surface area contributed by atoms with E-state index >= 15 is 0 Å². The van der Waals surface area contributed by atoms with E-state index in [0.29, 0.717) is 19.3 Å². The van der Waals surface area contributed by atoms with Crippen LogP contribution >= 0.6 is 0 Å². The van der Waals surface area contributed by atoms with Crippen LogP contribution in [0.15, 0.2) is 12.2 Å². The van der Waals surface area contributed by atoms with Crippen LogP contribution < -0.4 is 0 Å². The maximum Gasteiger partial charge on any atom is 0.306 e. The topological polar surface area (TPSA) is 83.8 Å². The Morgan fingerprint density at radius 1 is 1.47 bits per heavy atom. The summed E-state index contributed by atoms with van der Waals surface area (Å²) >= 11 is 0. The highest BCUT2D eigenvalue weighted by atomic mass is 16.6. The summed E-state index contributed by atoms with van der Waals surface area (Å²) in [5, 5.41) is 19.5. The highest BCUT2D eigenvalue weighted by Crippen LogP contribution is 2.19. The van der Waals surface area contributed by atoms with Gasteiger partial charge in [0.15, 0.2) is 0 Å². The molecule has 0 aromatic rings. The number of cyclic esters (lactones) is 1. The average molecular weight is 270 g/mol. The number of carbonyl (C=O) groups is 2. The van der Waals surface area contributed by atoms with Gasteiger partial charge in [0, 0.05) is 12.8 Å². The van der Waals surface area contributed by atoms with Gasteiger partial charge in [0.05, 0.1) is 0 Å². The largest absolute Gasteiger partial charge is 0.459 e. The van der Waals surface area contributed by atoms with Crippen molar-refractivity contribution in [2.45, 2.75) is 63.8 Å². The molecule has 0 aromatic carbocycles. The van der Waals surface area contributed by atoms with Gasteiger partial charge in [-0.15, -0.1) is 0 Å². The SMILES string of the molecule is CC(=O)CCCCC=CC(O)C(O)C1CCC(=O)O1. The highest BCUT2D eigenvalue weighted by Gasteiger charge is 2.33. The van der Waals surface area contributed by atoms with Crippen molar-refractivity contribution >= 4 is 11.8 Å². The summed E-state index contributed by atoms with van der Waals surface area (Å²) < 4.78 is 4.90. The molecule has 0 aliphatic carbocycles. The number of rotatable bonds is 8. The lowest BCUT2D eigenvalue weighted by Gasteiger charge is -2.19. The lowest BCUT2D eigenvalue weighted by Crippen LogP contribution is -2.36. The van der Waals surface area contributed by atoms with Crippen molar-refractivity contribution < 1.29 is 24.5 Å². The average Bonchev–Trinajstić information content (AvgIpc) is 2.78. The van der Waals surface area contributed by atoms with Gasteiger partial charge in [-0.1, -0.05) is 12.2 Å². The molecule has 0 aromatic heterocycles. The second-order valence-electron chi connectivity index (χ2n) is 4.92. The fraction of sp³-hybridized carbons (Fsp3) is 0.714. The van der Waals surface area contributed by atoms with Crippen molar-refractivity contribution in [2.75, 3.05) is 0 Å². The Morgan fingerprint density at radius 3 is 2.79 bits per heavy atom. The Hall–Kier alpha value is -1.20. The first kappa shape index (κ1) is 15.9. The minimum atomic E-state index is -1.07. The Balaban J connectivity index is 2.20.